The number of ether oxygens (including phenoxy) is 2. The molecule has 0 radical (unpaired) electrons. The first-order valence-corrected chi connectivity index (χ1v) is 8.94. The molecule has 0 bridgehead atoms. The minimum atomic E-state index is -0.452. The van der Waals surface area contributed by atoms with E-state index in [-0.39, 0.29) is 5.57 Å². The van der Waals surface area contributed by atoms with Crippen molar-refractivity contribution < 1.29 is 14.3 Å². The molecule has 0 aliphatic rings. The van der Waals surface area contributed by atoms with Crippen molar-refractivity contribution in [2.45, 2.75) is 26.7 Å². The third-order valence-electron chi connectivity index (χ3n) is 3.95. The fraction of sp³-hybridized carbons (Fsp3) is 0.273. The van der Waals surface area contributed by atoms with Gasteiger partial charge in [-0.25, -0.2) is 0 Å². The lowest BCUT2D eigenvalue weighted by Crippen LogP contribution is -2.13. The maximum absolute atomic E-state index is 12.4. The number of nitrogens with zero attached hydrogens (tertiary/aromatic N) is 1. The first kappa shape index (κ1) is 20.1. The highest BCUT2D eigenvalue weighted by molar-refractivity contribution is 6.09. The van der Waals surface area contributed by atoms with E-state index in [0.29, 0.717) is 29.4 Å². The van der Waals surface area contributed by atoms with E-state index in [1.165, 1.54) is 11.6 Å². The van der Waals surface area contributed by atoms with E-state index in [0.717, 1.165) is 12.8 Å². The SMILES string of the molecule is CCCOc1ccc(/C=C(/C#N)C(=O)Nc2ccc(CC)cc2)cc1OC. The van der Waals surface area contributed by atoms with Gasteiger partial charge in [0.05, 0.1) is 13.7 Å². The van der Waals surface area contributed by atoms with Gasteiger partial charge in [-0.15, -0.1) is 0 Å². The summed E-state index contributed by atoms with van der Waals surface area (Å²) in [7, 11) is 1.56. The number of hydrogen-bond acceptors (Lipinski definition) is 4. The van der Waals surface area contributed by atoms with E-state index in [1.807, 2.05) is 37.3 Å². The molecule has 0 spiro atoms. The molecule has 0 saturated carbocycles. The highest BCUT2D eigenvalue weighted by Crippen LogP contribution is 2.29. The van der Waals surface area contributed by atoms with E-state index < -0.39 is 5.91 Å². The van der Waals surface area contributed by atoms with Crippen molar-refractivity contribution in [3.05, 3.63) is 59.2 Å². The summed E-state index contributed by atoms with van der Waals surface area (Å²) in [5, 5.41) is 12.1. The second kappa shape index (κ2) is 10.0. The summed E-state index contributed by atoms with van der Waals surface area (Å²) < 4.78 is 11.0. The Balaban J connectivity index is 2.18. The zero-order valence-corrected chi connectivity index (χ0v) is 15.9. The molecule has 5 nitrogen and oxygen atoms in total. The zero-order chi connectivity index (χ0) is 19.6. The van der Waals surface area contributed by atoms with E-state index in [4.69, 9.17) is 9.47 Å². The Morgan fingerprint density at radius 2 is 1.89 bits per heavy atom. The first-order chi connectivity index (χ1) is 13.1. The van der Waals surface area contributed by atoms with Crippen LogP contribution in [0.15, 0.2) is 48.0 Å². The number of rotatable bonds is 8. The third-order valence-corrected chi connectivity index (χ3v) is 3.95. The summed E-state index contributed by atoms with van der Waals surface area (Å²) in [4.78, 5) is 12.4. The van der Waals surface area contributed by atoms with Crippen LogP contribution in [0.2, 0.25) is 0 Å². The van der Waals surface area contributed by atoms with Gasteiger partial charge in [-0.05, 0) is 54.3 Å². The van der Waals surface area contributed by atoms with E-state index in [1.54, 1.807) is 25.3 Å². The lowest BCUT2D eigenvalue weighted by atomic mass is 10.1. The maximum atomic E-state index is 12.4. The molecule has 27 heavy (non-hydrogen) atoms. The molecule has 0 aliphatic heterocycles. The molecule has 0 atom stereocenters. The number of hydrogen-bond donors (Lipinski definition) is 1. The van der Waals surface area contributed by atoms with Gasteiger partial charge in [0.2, 0.25) is 0 Å². The lowest BCUT2D eigenvalue weighted by molar-refractivity contribution is -0.112. The van der Waals surface area contributed by atoms with E-state index in [9.17, 15) is 10.1 Å². The molecule has 140 valence electrons. The topological polar surface area (TPSA) is 71.3 Å². The van der Waals surface area contributed by atoms with Crippen LogP contribution in [0.3, 0.4) is 0 Å². The molecule has 0 unspecified atom stereocenters. The van der Waals surface area contributed by atoms with Gasteiger partial charge < -0.3 is 14.8 Å². The standard InChI is InChI=1S/C22H24N2O3/c1-4-12-27-20-11-8-17(14-21(20)26-3)13-18(15-23)22(25)24-19-9-6-16(5-2)7-10-19/h6-11,13-14H,4-5,12H2,1-3H3,(H,24,25)/b18-13-. The summed E-state index contributed by atoms with van der Waals surface area (Å²) >= 11 is 0. The first-order valence-electron chi connectivity index (χ1n) is 8.94. The predicted molar refractivity (Wildman–Crippen MR) is 107 cm³/mol. The van der Waals surface area contributed by atoms with Crippen LogP contribution in [0.1, 0.15) is 31.4 Å². The monoisotopic (exact) mass is 364 g/mol. The fourth-order valence-electron chi connectivity index (χ4n) is 2.44. The largest absolute Gasteiger partial charge is 0.493 e. The van der Waals surface area contributed by atoms with Gasteiger partial charge in [0, 0.05) is 5.69 Å². The van der Waals surface area contributed by atoms with Crippen molar-refractivity contribution in [2.24, 2.45) is 0 Å². The molecule has 2 rings (SSSR count). The Morgan fingerprint density at radius 3 is 2.48 bits per heavy atom. The number of anilines is 1. The second-order valence-electron chi connectivity index (χ2n) is 5.93. The number of nitriles is 1. The molecule has 1 N–H and O–H groups in total. The van der Waals surface area contributed by atoms with Gasteiger partial charge in [0.25, 0.3) is 5.91 Å². The average Bonchev–Trinajstić information content (AvgIpc) is 2.71. The van der Waals surface area contributed by atoms with Crippen LogP contribution in [0.5, 0.6) is 11.5 Å². The number of carbonyl (C=O) groups is 1. The normalized spacial score (nSPS) is 10.8. The number of benzene rings is 2. The molecule has 5 heteroatoms. The third kappa shape index (κ3) is 5.61. The van der Waals surface area contributed by atoms with Gasteiger partial charge in [-0.3, -0.25) is 4.79 Å². The summed E-state index contributed by atoms with van der Waals surface area (Å²) in [5.41, 5.74) is 2.53. The Morgan fingerprint density at radius 1 is 1.15 bits per heavy atom. The van der Waals surface area contributed by atoms with Crippen LogP contribution < -0.4 is 14.8 Å². The van der Waals surface area contributed by atoms with Gasteiger partial charge >= 0.3 is 0 Å². The van der Waals surface area contributed by atoms with Crippen molar-refractivity contribution in [3.63, 3.8) is 0 Å². The summed E-state index contributed by atoms with van der Waals surface area (Å²) in [6.45, 7) is 4.68. The highest BCUT2D eigenvalue weighted by atomic mass is 16.5. The van der Waals surface area contributed by atoms with Crippen molar-refractivity contribution in [3.8, 4) is 17.6 Å². The molecule has 0 aliphatic carbocycles. The molecule has 0 heterocycles. The Bertz CT molecular complexity index is 849. The van der Waals surface area contributed by atoms with Crippen LogP contribution in [-0.2, 0) is 11.2 Å². The molecule has 0 saturated heterocycles. The molecule has 2 aromatic rings. The number of methoxy groups -OCH3 is 1. The fourth-order valence-corrected chi connectivity index (χ4v) is 2.44. The van der Waals surface area contributed by atoms with Crippen molar-refractivity contribution in [2.75, 3.05) is 19.0 Å². The minimum absolute atomic E-state index is 0.0128. The Labute approximate surface area is 160 Å². The average molecular weight is 364 g/mol. The van der Waals surface area contributed by atoms with Gasteiger partial charge in [0.1, 0.15) is 11.6 Å². The van der Waals surface area contributed by atoms with E-state index >= 15 is 0 Å². The smallest absolute Gasteiger partial charge is 0.266 e. The second-order valence-corrected chi connectivity index (χ2v) is 5.93. The van der Waals surface area contributed by atoms with Gasteiger partial charge in [-0.2, -0.15) is 5.26 Å². The van der Waals surface area contributed by atoms with Crippen LogP contribution in [0, 0.1) is 11.3 Å². The number of nitrogens with one attached hydrogen (secondary N) is 1. The number of aryl methyl sites for hydroxylation is 1. The zero-order valence-electron chi connectivity index (χ0n) is 15.9. The van der Waals surface area contributed by atoms with Gasteiger partial charge in [0.15, 0.2) is 11.5 Å². The molecule has 1 amide bonds. The Kier molecular flexibility index (Phi) is 7.45. The predicted octanol–water partition coefficient (Wildman–Crippen LogP) is 4.59. The molecule has 0 aromatic heterocycles. The summed E-state index contributed by atoms with van der Waals surface area (Å²) in [6.07, 6.45) is 3.35. The molecule has 2 aromatic carbocycles. The summed E-state index contributed by atoms with van der Waals surface area (Å²) in [6, 6.07) is 14.8. The quantitative estimate of drug-likeness (QED) is 0.549. The minimum Gasteiger partial charge on any atom is -0.493 e. The van der Waals surface area contributed by atoms with E-state index in [2.05, 4.69) is 12.2 Å². The highest BCUT2D eigenvalue weighted by Gasteiger charge is 2.11. The Hall–Kier alpha value is -3.26. The number of carbonyl (C=O) groups excluding carboxylic acids is 1. The van der Waals surface area contributed by atoms with Crippen LogP contribution >= 0.6 is 0 Å². The van der Waals surface area contributed by atoms with Crippen molar-refractivity contribution in [1.82, 2.24) is 0 Å². The van der Waals surface area contributed by atoms with Gasteiger partial charge in [-0.1, -0.05) is 32.0 Å². The van der Waals surface area contributed by atoms with Crippen molar-refractivity contribution >= 4 is 17.7 Å². The summed E-state index contributed by atoms with van der Waals surface area (Å²) in [5.74, 6) is 0.743. The van der Waals surface area contributed by atoms with Crippen molar-refractivity contribution in [1.29, 1.82) is 5.26 Å². The molecular formula is C22H24N2O3. The van der Waals surface area contributed by atoms with Crippen LogP contribution in [0.25, 0.3) is 6.08 Å². The maximum Gasteiger partial charge on any atom is 0.266 e. The van der Waals surface area contributed by atoms with Crippen LogP contribution in [-0.4, -0.2) is 19.6 Å². The molecular weight excluding hydrogens is 340 g/mol. The van der Waals surface area contributed by atoms with Crippen LogP contribution in [0.4, 0.5) is 5.69 Å². The lowest BCUT2D eigenvalue weighted by Gasteiger charge is -2.10. The number of amides is 1. The molecule has 0 fully saturated rings.